The molecule has 2 amide bonds. The first-order valence-corrected chi connectivity index (χ1v) is 6.17. The number of ether oxygens (including phenoxy) is 1. The second kappa shape index (κ2) is 6.31. The van der Waals surface area contributed by atoms with E-state index in [0.29, 0.717) is 24.3 Å². The predicted molar refractivity (Wildman–Crippen MR) is 69.9 cm³/mol. The number of morpholine rings is 1. The molecule has 0 aromatic heterocycles. The van der Waals surface area contributed by atoms with E-state index in [9.17, 15) is 9.59 Å². The van der Waals surface area contributed by atoms with Crippen molar-refractivity contribution in [3.8, 4) is 0 Å². The molecule has 6 nitrogen and oxygen atoms in total. The average molecular weight is 263 g/mol. The molecule has 1 fully saturated rings. The number of primary amides is 1. The minimum atomic E-state index is -0.547. The van der Waals surface area contributed by atoms with Gasteiger partial charge in [0.2, 0.25) is 5.91 Å². The lowest BCUT2D eigenvalue weighted by Gasteiger charge is -2.23. The molecule has 0 saturated carbocycles. The average Bonchev–Trinajstić information content (AvgIpc) is 2.46. The molecule has 1 saturated heterocycles. The highest BCUT2D eigenvalue weighted by molar-refractivity contribution is 5.99. The summed E-state index contributed by atoms with van der Waals surface area (Å²) in [7, 11) is 0. The second-order valence-electron chi connectivity index (χ2n) is 4.35. The van der Waals surface area contributed by atoms with Crippen LogP contribution in [0.2, 0.25) is 0 Å². The van der Waals surface area contributed by atoms with Crippen LogP contribution in [0.4, 0.5) is 0 Å². The molecule has 1 aromatic rings. The van der Waals surface area contributed by atoms with Crippen molar-refractivity contribution in [3.05, 3.63) is 35.4 Å². The van der Waals surface area contributed by atoms with E-state index in [1.165, 1.54) is 6.07 Å². The van der Waals surface area contributed by atoms with Crippen LogP contribution >= 0.6 is 0 Å². The normalized spacial score (nSPS) is 18.8. The van der Waals surface area contributed by atoms with Gasteiger partial charge in [-0.15, -0.1) is 0 Å². The summed E-state index contributed by atoms with van der Waals surface area (Å²) in [5, 5.41) is 5.96. The zero-order valence-electron chi connectivity index (χ0n) is 10.5. The van der Waals surface area contributed by atoms with E-state index in [-0.39, 0.29) is 12.0 Å². The molecule has 1 aliphatic heterocycles. The standard InChI is InChI=1S/C13H17N3O3/c14-12(17)9-2-1-3-10(6-9)13(18)16-8-11-7-15-4-5-19-11/h1-3,6,11,15H,4-5,7-8H2,(H2,14,17)(H,16,18). The Hall–Kier alpha value is -1.92. The fourth-order valence-electron chi connectivity index (χ4n) is 1.87. The lowest BCUT2D eigenvalue weighted by molar-refractivity contribution is 0.0287. The van der Waals surface area contributed by atoms with Crippen molar-refractivity contribution in [3.63, 3.8) is 0 Å². The van der Waals surface area contributed by atoms with E-state index in [1.807, 2.05) is 0 Å². The molecule has 1 atom stereocenters. The lowest BCUT2D eigenvalue weighted by atomic mass is 10.1. The van der Waals surface area contributed by atoms with Crippen LogP contribution in [-0.4, -0.2) is 44.2 Å². The topological polar surface area (TPSA) is 93.5 Å². The third kappa shape index (κ3) is 3.77. The Balaban J connectivity index is 1.92. The van der Waals surface area contributed by atoms with Crippen LogP contribution in [0.3, 0.4) is 0 Å². The summed E-state index contributed by atoms with van der Waals surface area (Å²) in [4.78, 5) is 23.0. The van der Waals surface area contributed by atoms with Gasteiger partial charge in [-0.25, -0.2) is 0 Å². The number of benzene rings is 1. The molecule has 6 heteroatoms. The maximum atomic E-state index is 11.9. The third-order valence-electron chi connectivity index (χ3n) is 2.90. The Morgan fingerprint density at radius 1 is 1.42 bits per heavy atom. The van der Waals surface area contributed by atoms with Crippen molar-refractivity contribution in [2.45, 2.75) is 6.10 Å². The number of rotatable bonds is 4. The van der Waals surface area contributed by atoms with Crippen molar-refractivity contribution in [1.29, 1.82) is 0 Å². The van der Waals surface area contributed by atoms with Crippen LogP contribution in [0.1, 0.15) is 20.7 Å². The third-order valence-corrected chi connectivity index (χ3v) is 2.90. The molecule has 2 rings (SSSR count). The van der Waals surface area contributed by atoms with E-state index in [0.717, 1.165) is 13.1 Å². The first-order valence-electron chi connectivity index (χ1n) is 6.17. The van der Waals surface area contributed by atoms with Crippen LogP contribution in [0.15, 0.2) is 24.3 Å². The summed E-state index contributed by atoms with van der Waals surface area (Å²) in [6.07, 6.45) is -0.0166. The summed E-state index contributed by atoms with van der Waals surface area (Å²) in [6, 6.07) is 6.33. The first kappa shape index (κ1) is 13.5. The summed E-state index contributed by atoms with van der Waals surface area (Å²) >= 11 is 0. The first-order chi connectivity index (χ1) is 9.16. The molecule has 1 unspecified atom stereocenters. The van der Waals surface area contributed by atoms with Gasteiger partial charge in [0.05, 0.1) is 12.7 Å². The van der Waals surface area contributed by atoms with Gasteiger partial charge in [0.15, 0.2) is 0 Å². The monoisotopic (exact) mass is 263 g/mol. The number of amides is 2. The van der Waals surface area contributed by atoms with E-state index in [4.69, 9.17) is 10.5 Å². The van der Waals surface area contributed by atoms with Crippen LogP contribution in [0.5, 0.6) is 0 Å². The van der Waals surface area contributed by atoms with Crippen molar-refractivity contribution >= 4 is 11.8 Å². The Kier molecular flexibility index (Phi) is 4.48. The van der Waals surface area contributed by atoms with Gasteiger partial charge in [-0.05, 0) is 18.2 Å². The maximum absolute atomic E-state index is 11.9. The Morgan fingerprint density at radius 2 is 2.21 bits per heavy atom. The van der Waals surface area contributed by atoms with Gasteiger partial charge in [-0.1, -0.05) is 6.07 Å². The molecular weight excluding hydrogens is 246 g/mol. The Morgan fingerprint density at radius 3 is 2.89 bits per heavy atom. The molecule has 0 bridgehead atoms. The fraction of sp³-hybridized carbons (Fsp3) is 0.385. The van der Waals surface area contributed by atoms with Gasteiger partial charge >= 0.3 is 0 Å². The van der Waals surface area contributed by atoms with E-state index in [1.54, 1.807) is 18.2 Å². The largest absolute Gasteiger partial charge is 0.374 e. The molecule has 102 valence electrons. The minimum Gasteiger partial charge on any atom is -0.374 e. The molecular formula is C13H17N3O3. The number of carbonyl (C=O) groups is 2. The minimum absolute atomic E-state index is 0.0166. The summed E-state index contributed by atoms with van der Waals surface area (Å²) in [5.41, 5.74) is 5.91. The number of nitrogens with one attached hydrogen (secondary N) is 2. The number of carbonyl (C=O) groups excluding carboxylic acids is 2. The SMILES string of the molecule is NC(=O)c1cccc(C(=O)NCC2CNCCO2)c1. The van der Waals surface area contributed by atoms with Crippen molar-refractivity contribution in [2.75, 3.05) is 26.2 Å². The zero-order chi connectivity index (χ0) is 13.7. The molecule has 0 aliphatic carbocycles. The number of nitrogens with two attached hydrogens (primary N) is 1. The van der Waals surface area contributed by atoms with Gasteiger partial charge in [0, 0.05) is 30.8 Å². The van der Waals surface area contributed by atoms with E-state index >= 15 is 0 Å². The molecule has 19 heavy (non-hydrogen) atoms. The zero-order valence-corrected chi connectivity index (χ0v) is 10.5. The predicted octanol–water partition coefficient (Wildman–Crippen LogP) is -0.496. The van der Waals surface area contributed by atoms with Crippen LogP contribution in [0, 0.1) is 0 Å². The molecule has 0 radical (unpaired) electrons. The summed E-state index contributed by atoms with van der Waals surface area (Å²) < 4.78 is 5.47. The summed E-state index contributed by atoms with van der Waals surface area (Å²) in [6.45, 7) is 2.65. The van der Waals surface area contributed by atoms with Gasteiger partial charge < -0.3 is 21.1 Å². The number of hydrogen-bond donors (Lipinski definition) is 3. The quantitative estimate of drug-likeness (QED) is 0.683. The van der Waals surface area contributed by atoms with Crippen LogP contribution < -0.4 is 16.4 Å². The summed E-state index contributed by atoms with van der Waals surface area (Å²) in [5.74, 6) is -0.785. The second-order valence-corrected chi connectivity index (χ2v) is 4.35. The van der Waals surface area contributed by atoms with Gasteiger partial charge in [-0.2, -0.15) is 0 Å². The highest BCUT2D eigenvalue weighted by Gasteiger charge is 2.15. The molecule has 0 spiro atoms. The smallest absolute Gasteiger partial charge is 0.251 e. The van der Waals surface area contributed by atoms with E-state index < -0.39 is 5.91 Å². The lowest BCUT2D eigenvalue weighted by Crippen LogP contribution is -2.45. The number of hydrogen-bond acceptors (Lipinski definition) is 4. The highest BCUT2D eigenvalue weighted by Crippen LogP contribution is 2.05. The molecule has 1 aromatic carbocycles. The van der Waals surface area contributed by atoms with Crippen LogP contribution in [-0.2, 0) is 4.74 Å². The van der Waals surface area contributed by atoms with Gasteiger partial charge in [0.25, 0.3) is 5.91 Å². The molecule has 4 N–H and O–H groups in total. The maximum Gasteiger partial charge on any atom is 0.251 e. The Labute approximate surface area is 111 Å². The fourth-order valence-corrected chi connectivity index (χ4v) is 1.87. The van der Waals surface area contributed by atoms with Gasteiger partial charge in [-0.3, -0.25) is 9.59 Å². The molecule has 1 heterocycles. The Bertz CT molecular complexity index is 470. The van der Waals surface area contributed by atoms with Crippen molar-refractivity contribution < 1.29 is 14.3 Å². The van der Waals surface area contributed by atoms with Crippen LogP contribution in [0.25, 0.3) is 0 Å². The highest BCUT2D eigenvalue weighted by atomic mass is 16.5. The van der Waals surface area contributed by atoms with E-state index in [2.05, 4.69) is 10.6 Å². The van der Waals surface area contributed by atoms with Gasteiger partial charge in [0.1, 0.15) is 0 Å². The van der Waals surface area contributed by atoms with Crippen molar-refractivity contribution in [2.24, 2.45) is 5.73 Å². The molecule has 1 aliphatic rings. The van der Waals surface area contributed by atoms with Crippen molar-refractivity contribution in [1.82, 2.24) is 10.6 Å².